The highest BCUT2D eigenvalue weighted by Crippen LogP contribution is 2.17. The minimum absolute atomic E-state index is 0.348. The van der Waals surface area contributed by atoms with E-state index in [4.69, 9.17) is 0 Å². The van der Waals surface area contributed by atoms with Crippen molar-refractivity contribution in [2.45, 2.75) is 32.4 Å². The van der Waals surface area contributed by atoms with Gasteiger partial charge in [-0.25, -0.2) is 0 Å². The molecule has 0 saturated carbocycles. The van der Waals surface area contributed by atoms with Crippen molar-refractivity contribution >= 4 is 0 Å². The van der Waals surface area contributed by atoms with Crippen molar-refractivity contribution in [2.24, 2.45) is 0 Å². The Balaban J connectivity index is 2.01. The van der Waals surface area contributed by atoms with Crippen LogP contribution in [0.4, 0.5) is 0 Å². The van der Waals surface area contributed by atoms with Gasteiger partial charge < -0.3 is 10.2 Å². The largest absolute Gasteiger partial charge is 0.308 e. The van der Waals surface area contributed by atoms with Crippen molar-refractivity contribution in [3.05, 3.63) is 71.3 Å². The lowest BCUT2D eigenvalue weighted by atomic mass is 10.0. The quantitative estimate of drug-likeness (QED) is 0.823. The molecule has 0 amide bonds. The number of benzene rings is 2. The Morgan fingerprint density at radius 1 is 0.864 bits per heavy atom. The fraction of sp³-hybridized carbons (Fsp3) is 0.400. The first-order valence-electron chi connectivity index (χ1n) is 8.08. The molecule has 2 aromatic rings. The van der Waals surface area contributed by atoms with Crippen LogP contribution in [0.15, 0.2) is 54.6 Å². The van der Waals surface area contributed by atoms with E-state index in [-0.39, 0.29) is 0 Å². The molecule has 118 valence electrons. The molecule has 2 rings (SSSR count). The zero-order chi connectivity index (χ0) is 15.9. The van der Waals surface area contributed by atoms with Gasteiger partial charge in [-0.2, -0.15) is 0 Å². The van der Waals surface area contributed by atoms with Crippen molar-refractivity contribution in [3.8, 4) is 0 Å². The molecule has 0 saturated heterocycles. The minimum atomic E-state index is 0.348. The smallest absolute Gasteiger partial charge is 0.0451 e. The second-order valence-corrected chi connectivity index (χ2v) is 6.50. The standard InChI is InChI=1S/C20H28N2/c1-16(2)18-12-10-17(11-13-18)14-21-20(15-22(3)4)19-8-6-5-7-9-19/h5-13,16,20-21H,14-15H2,1-4H3. The van der Waals surface area contributed by atoms with Crippen LogP contribution in [0.25, 0.3) is 0 Å². The molecule has 2 aromatic carbocycles. The van der Waals surface area contributed by atoms with Crippen molar-refractivity contribution in [1.29, 1.82) is 0 Å². The maximum Gasteiger partial charge on any atom is 0.0451 e. The van der Waals surface area contributed by atoms with Crippen LogP contribution in [0.2, 0.25) is 0 Å². The minimum Gasteiger partial charge on any atom is -0.308 e. The molecule has 1 N–H and O–H groups in total. The summed E-state index contributed by atoms with van der Waals surface area (Å²) in [6.07, 6.45) is 0. The van der Waals surface area contributed by atoms with E-state index in [0.717, 1.165) is 13.1 Å². The summed E-state index contributed by atoms with van der Waals surface area (Å²) in [7, 11) is 4.24. The molecule has 22 heavy (non-hydrogen) atoms. The number of nitrogens with zero attached hydrogens (tertiary/aromatic N) is 1. The molecular weight excluding hydrogens is 268 g/mol. The first kappa shape index (κ1) is 16.7. The molecule has 2 nitrogen and oxygen atoms in total. The summed E-state index contributed by atoms with van der Waals surface area (Å²) in [5.74, 6) is 0.591. The van der Waals surface area contributed by atoms with Gasteiger partial charge in [0.25, 0.3) is 0 Å². The van der Waals surface area contributed by atoms with E-state index in [1.165, 1.54) is 16.7 Å². The van der Waals surface area contributed by atoms with Crippen LogP contribution in [0.3, 0.4) is 0 Å². The average Bonchev–Trinajstić information content (AvgIpc) is 2.52. The van der Waals surface area contributed by atoms with Gasteiger partial charge in [0, 0.05) is 19.1 Å². The average molecular weight is 296 g/mol. The van der Waals surface area contributed by atoms with Gasteiger partial charge in [-0.3, -0.25) is 0 Å². The molecule has 0 aliphatic rings. The molecule has 0 spiro atoms. The molecule has 0 fully saturated rings. The molecule has 0 aromatic heterocycles. The third-order valence-corrected chi connectivity index (χ3v) is 3.95. The third-order valence-electron chi connectivity index (χ3n) is 3.95. The van der Waals surface area contributed by atoms with E-state index in [1.54, 1.807) is 0 Å². The lowest BCUT2D eigenvalue weighted by molar-refractivity contribution is 0.340. The monoisotopic (exact) mass is 296 g/mol. The molecule has 0 bridgehead atoms. The van der Waals surface area contributed by atoms with Gasteiger partial charge in [0.15, 0.2) is 0 Å². The summed E-state index contributed by atoms with van der Waals surface area (Å²) in [5, 5.41) is 3.69. The maximum absolute atomic E-state index is 3.69. The van der Waals surface area contributed by atoms with E-state index >= 15 is 0 Å². The topological polar surface area (TPSA) is 15.3 Å². The van der Waals surface area contributed by atoms with E-state index < -0.39 is 0 Å². The van der Waals surface area contributed by atoms with Crippen molar-refractivity contribution < 1.29 is 0 Å². The highest BCUT2D eigenvalue weighted by Gasteiger charge is 2.11. The van der Waals surface area contributed by atoms with Crippen LogP contribution in [0.1, 0.15) is 42.5 Å². The summed E-state index contributed by atoms with van der Waals surface area (Å²) >= 11 is 0. The van der Waals surface area contributed by atoms with Crippen LogP contribution >= 0.6 is 0 Å². The van der Waals surface area contributed by atoms with Crippen molar-refractivity contribution in [1.82, 2.24) is 10.2 Å². The molecule has 2 heteroatoms. The summed E-state index contributed by atoms with van der Waals surface area (Å²) < 4.78 is 0. The van der Waals surface area contributed by atoms with Gasteiger partial charge in [-0.1, -0.05) is 68.4 Å². The first-order chi connectivity index (χ1) is 10.6. The summed E-state index contributed by atoms with van der Waals surface area (Å²) in [5.41, 5.74) is 4.08. The molecule has 1 unspecified atom stereocenters. The van der Waals surface area contributed by atoms with Gasteiger partial charge >= 0.3 is 0 Å². The van der Waals surface area contributed by atoms with Gasteiger partial charge in [0.1, 0.15) is 0 Å². The SMILES string of the molecule is CC(C)c1ccc(CNC(CN(C)C)c2ccccc2)cc1. The zero-order valence-electron chi connectivity index (χ0n) is 14.2. The number of likely N-dealkylation sites (N-methyl/N-ethyl adjacent to an activating group) is 1. The lowest BCUT2D eigenvalue weighted by Crippen LogP contribution is -2.30. The highest BCUT2D eigenvalue weighted by molar-refractivity contribution is 5.25. The van der Waals surface area contributed by atoms with Crippen LogP contribution in [0.5, 0.6) is 0 Å². The predicted molar refractivity (Wildman–Crippen MR) is 95.1 cm³/mol. The third kappa shape index (κ3) is 4.97. The Hall–Kier alpha value is -1.64. The highest BCUT2D eigenvalue weighted by atomic mass is 15.1. The maximum atomic E-state index is 3.69. The Morgan fingerprint density at radius 2 is 1.50 bits per heavy atom. The Labute approximate surface area is 135 Å². The van der Waals surface area contributed by atoms with Gasteiger partial charge in [-0.05, 0) is 36.7 Å². The normalized spacial score (nSPS) is 12.8. The zero-order valence-corrected chi connectivity index (χ0v) is 14.2. The summed E-state index contributed by atoms with van der Waals surface area (Å²) in [6, 6.07) is 20.0. The molecule has 0 heterocycles. The fourth-order valence-corrected chi connectivity index (χ4v) is 2.60. The molecule has 1 atom stereocenters. The molecule has 0 aliphatic carbocycles. The fourth-order valence-electron chi connectivity index (χ4n) is 2.60. The second kappa shape index (κ2) is 8.11. The van der Waals surface area contributed by atoms with E-state index in [9.17, 15) is 0 Å². The van der Waals surface area contributed by atoms with Gasteiger partial charge in [-0.15, -0.1) is 0 Å². The van der Waals surface area contributed by atoms with Crippen LogP contribution in [-0.4, -0.2) is 25.5 Å². The Morgan fingerprint density at radius 3 is 2.05 bits per heavy atom. The molecule has 0 aliphatic heterocycles. The Bertz CT molecular complexity index is 544. The molecular formula is C20H28N2. The van der Waals surface area contributed by atoms with Crippen LogP contribution in [0, 0.1) is 0 Å². The lowest BCUT2D eigenvalue weighted by Gasteiger charge is -2.23. The number of nitrogens with one attached hydrogen (secondary N) is 1. The van der Waals surface area contributed by atoms with Crippen LogP contribution < -0.4 is 5.32 Å². The number of hydrogen-bond acceptors (Lipinski definition) is 2. The van der Waals surface area contributed by atoms with E-state index in [1.807, 2.05) is 0 Å². The molecule has 0 radical (unpaired) electrons. The summed E-state index contributed by atoms with van der Waals surface area (Å²) in [6.45, 7) is 6.35. The Kier molecular flexibility index (Phi) is 6.17. The second-order valence-electron chi connectivity index (χ2n) is 6.50. The number of hydrogen-bond donors (Lipinski definition) is 1. The van der Waals surface area contributed by atoms with Gasteiger partial charge in [0.05, 0.1) is 0 Å². The first-order valence-corrected chi connectivity index (χ1v) is 8.08. The number of rotatable bonds is 7. The van der Waals surface area contributed by atoms with Crippen molar-refractivity contribution in [2.75, 3.05) is 20.6 Å². The van der Waals surface area contributed by atoms with Crippen LogP contribution in [-0.2, 0) is 6.54 Å². The van der Waals surface area contributed by atoms with Gasteiger partial charge in [0.2, 0.25) is 0 Å². The van der Waals surface area contributed by atoms with E-state index in [0.29, 0.717) is 12.0 Å². The van der Waals surface area contributed by atoms with Crippen molar-refractivity contribution in [3.63, 3.8) is 0 Å². The predicted octanol–water partition coefficient (Wildman–Crippen LogP) is 4.20. The van der Waals surface area contributed by atoms with E-state index in [2.05, 4.69) is 92.8 Å². The summed E-state index contributed by atoms with van der Waals surface area (Å²) in [4.78, 5) is 2.23.